The van der Waals surface area contributed by atoms with Crippen molar-refractivity contribution in [2.24, 2.45) is 7.05 Å². The maximum absolute atomic E-state index is 12.8. The third-order valence-corrected chi connectivity index (χ3v) is 4.13. The van der Waals surface area contributed by atoms with Crippen molar-refractivity contribution >= 4 is 40.0 Å². The molecule has 128 valence electrons. The molecule has 0 unspecified atom stereocenters. The van der Waals surface area contributed by atoms with Crippen LogP contribution in [-0.4, -0.2) is 25.4 Å². The number of aromatic nitrogens is 3. The Labute approximate surface area is 150 Å². The van der Waals surface area contributed by atoms with E-state index in [1.165, 1.54) is 25.2 Å². The Morgan fingerprint density at radius 3 is 2.56 bits per heavy atom. The lowest BCUT2D eigenvalue weighted by molar-refractivity contribution is 0.103. The number of rotatable bonds is 3. The molecular weight excluding hydrogens is 369 g/mol. The monoisotopic (exact) mass is 379 g/mol. The van der Waals surface area contributed by atoms with E-state index in [2.05, 4.69) is 9.97 Å². The van der Waals surface area contributed by atoms with Gasteiger partial charge in [0.05, 0.1) is 16.6 Å². The SMILES string of the molecule is Cn1c(=O)[nH]c(=O)c2cc(C(=O)c3ccccc3O)c(C(Cl)Cl)nc21. The molecule has 25 heavy (non-hydrogen) atoms. The van der Waals surface area contributed by atoms with Crippen molar-refractivity contribution < 1.29 is 9.90 Å². The standard InChI is InChI=1S/C16H11Cl2N3O4/c1-21-14-9(15(24)20-16(21)25)6-8(11(19-14)13(17)18)12(23)7-4-2-3-5-10(7)22/h2-6,13,22H,1H3,(H,20,24,25). The van der Waals surface area contributed by atoms with Crippen LogP contribution >= 0.6 is 23.2 Å². The van der Waals surface area contributed by atoms with E-state index in [0.717, 1.165) is 4.57 Å². The first-order chi connectivity index (χ1) is 11.8. The van der Waals surface area contributed by atoms with Gasteiger partial charge in [-0.05, 0) is 18.2 Å². The van der Waals surface area contributed by atoms with E-state index in [4.69, 9.17) is 23.2 Å². The van der Waals surface area contributed by atoms with Gasteiger partial charge < -0.3 is 5.11 Å². The Kier molecular flexibility index (Phi) is 4.36. The number of pyridine rings is 1. The largest absolute Gasteiger partial charge is 0.507 e. The number of hydrogen-bond acceptors (Lipinski definition) is 5. The van der Waals surface area contributed by atoms with Gasteiger partial charge in [0, 0.05) is 12.6 Å². The molecule has 2 heterocycles. The summed E-state index contributed by atoms with van der Waals surface area (Å²) in [6, 6.07) is 7.20. The zero-order valence-electron chi connectivity index (χ0n) is 12.8. The number of para-hydroxylation sites is 1. The molecule has 0 aliphatic rings. The van der Waals surface area contributed by atoms with Crippen LogP contribution in [0.2, 0.25) is 0 Å². The number of alkyl halides is 2. The molecule has 7 nitrogen and oxygen atoms in total. The first-order valence-corrected chi connectivity index (χ1v) is 7.93. The first-order valence-electron chi connectivity index (χ1n) is 7.06. The number of phenolic OH excluding ortho intramolecular Hbond substituents is 1. The lowest BCUT2D eigenvalue weighted by Crippen LogP contribution is -2.29. The summed E-state index contributed by atoms with van der Waals surface area (Å²) in [5.41, 5.74) is -1.33. The van der Waals surface area contributed by atoms with Gasteiger partial charge in [-0.25, -0.2) is 9.78 Å². The molecule has 0 radical (unpaired) electrons. The molecule has 0 amide bonds. The number of nitrogens with one attached hydrogen (secondary N) is 1. The quantitative estimate of drug-likeness (QED) is 0.535. The molecule has 2 aromatic heterocycles. The number of phenols is 1. The number of carbonyl (C=O) groups excluding carboxylic acids is 1. The Bertz CT molecular complexity index is 1120. The summed E-state index contributed by atoms with van der Waals surface area (Å²) < 4.78 is 1.12. The lowest BCUT2D eigenvalue weighted by atomic mass is 10.0. The van der Waals surface area contributed by atoms with Gasteiger partial charge in [-0.3, -0.25) is 19.1 Å². The Hall–Kier alpha value is -2.64. The number of nitrogens with zero attached hydrogens (tertiary/aromatic N) is 2. The molecule has 0 aliphatic carbocycles. The van der Waals surface area contributed by atoms with Crippen molar-refractivity contribution in [1.82, 2.24) is 14.5 Å². The number of benzene rings is 1. The molecule has 0 saturated carbocycles. The second kappa shape index (κ2) is 6.34. The van der Waals surface area contributed by atoms with Crippen LogP contribution in [0.5, 0.6) is 5.75 Å². The van der Waals surface area contributed by atoms with E-state index in [-0.39, 0.29) is 33.6 Å². The second-order valence-corrected chi connectivity index (χ2v) is 6.35. The van der Waals surface area contributed by atoms with Gasteiger partial charge >= 0.3 is 5.69 Å². The van der Waals surface area contributed by atoms with Crippen LogP contribution in [0.15, 0.2) is 39.9 Å². The Balaban J connectivity index is 2.37. The molecule has 0 fully saturated rings. The Morgan fingerprint density at radius 1 is 1.24 bits per heavy atom. The van der Waals surface area contributed by atoms with Crippen LogP contribution < -0.4 is 11.2 Å². The number of ketones is 1. The molecule has 3 rings (SSSR count). The van der Waals surface area contributed by atoms with Gasteiger partial charge in [-0.2, -0.15) is 0 Å². The maximum Gasteiger partial charge on any atom is 0.329 e. The molecule has 0 bridgehead atoms. The van der Waals surface area contributed by atoms with E-state index in [9.17, 15) is 19.5 Å². The number of aryl methyl sites for hydroxylation is 1. The van der Waals surface area contributed by atoms with Crippen molar-refractivity contribution in [3.63, 3.8) is 0 Å². The number of hydrogen-bond donors (Lipinski definition) is 2. The number of fused-ring (bicyclic) bond motifs is 1. The molecule has 0 aliphatic heterocycles. The number of carbonyl (C=O) groups is 1. The van der Waals surface area contributed by atoms with Crippen LogP contribution in [0.25, 0.3) is 11.0 Å². The van der Waals surface area contributed by atoms with E-state index in [1.807, 2.05) is 0 Å². The maximum atomic E-state index is 12.8. The van der Waals surface area contributed by atoms with Crippen LogP contribution in [0.1, 0.15) is 26.5 Å². The van der Waals surface area contributed by atoms with Crippen molar-refractivity contribution in [3.8, 4) is 5.75 Å². The fourth-order valence-electron chi connectivity index (χ4n) is 2.44. The molecule has 0 spiro atoms. The van der Waals surface area contributed by atoms with Crippen LogP contribution in [0, 0.1) is 0 Å². The summed E-state index contributed by atoms with van der Waals surface area (Å²) in [5, 5.41) is 9.93. The topological polar surface area (TPSA) is 105 Å². The zero-order chi connectivity index (χ0) is 18.3. The first kappa shape index (κ1) is 17.2. The minimum absolute atomic E-state index is 0.00955. The normalized spacial score (nSPS) is 11.2. The minimum Gasteiger partial charge on any atom is -0.507 e. The fraction of sp³-hybridized carbons (Fsp3) is 0.125. The van der Waals surface area contributed by atoms with Gasteiger partial charge in [0.15, 0.2) is 5.78 Å². The molecule has 9 heteroatoms. The summed E-state index contributed by atoms with van der Waals surface area (Å²) in [6.45, 7) is 0. The highest BCUT2D eigenvalue weighted by Crippen LogP contribution is 2.30. The van der Waals surface area contributed by atoms with Crippen molar-refractivity contribution in [2.45, 2.75) is 4.84 Å². The zero-order valence-corrected chi connectivity index (χ0v) is 14.3. The van der Waals surface area contributed by atoms with E-state index < -0.39 is 21.9 Å². The van der Waals surface area contributed by atoms with E-state index >= 15 is 0 Å². The molecule has 2 N–H and O–H groups in total. The van der Waals surface area contributed by atoms with E-state index in [0.29, 0.717) is 0 Å². The summed E-state index contributed by atoms with van der Waals surface area (Å²) in [7, 11) is 1.42. The highest BCUT2D eigenvalue weighted by atomic mass is 35.5. The molecular formula is C16H11Cl2N3O4. The predicted molar refractivity (Wildman–Crippen MR) is 93.6 cm³/mol. The summed E-state index contributed by atoms with van der Waals surface area (Å²) in [6.07, 6.45) is 0. The van der Waals surface area contributed by atoms with Crippen molar-refractivity contribution in [2.75, 3.05) is 0 Å². The van der Waals surface area contributed by atoms with Crippen molar-refractivity contribution in [3.05, 3.63) is 68.0 Å². The number of aromatic amines is 1. The summed E-state index contributed by atoms with van der Waals surface area (Å²) >= 11 is 11.9. The average Bonchev–Trinajstić information content (AvgIpc) is 2.58. The van der Waals surface area contributed by atoms with Gasteiger partial charge in [-0.15, -0.1) is 0 Å². The number of halogens is 2. The third kappa shape index (κ3) is 2.92. The van der Waals surface area contributed by atoms with Gasteiger partial charge in [0.25, 0.3) is 5.56 Å². The fourth-order valence-corrected chi connectivity index (χ4v) is 2.78. The van der Waals surface area contributed by atoms with Gasteiger partial charge in [0.1, 0.15) is 16.2 Å². The van der Waals surface area contributed by atoms with Gasteiger partial charge in [-0.1, -0.05) is 35.3 Å². The predicted octanol–water partition coefficient (Wildman–Crippen LogP) is 2.03. The van der Waals surface area contributed by atoms with Crippen LogP contribution in [-0.2, 0) is 7.05 Å². The molecule has 0 atom stereocenters. The summed E-state index contributed by atoms with van der Waals surface area (Å²) in [4.78, 5) is 41.7. The highest BCUT2D eigenvalue weighted by molar-refractivity contribution is 6.44. The third-order valence-electron chi connectivity index (χ3n) is 3.72. The van der Waals surface area contributed by atoms with Crippen LogP contribution in [0.4, 0.5) is 0 Å². The van der Waals surface area contributed by atoms with E-state index in [1.54, 1.807) is 12.1 Å². The van der Waals surface area contributed by atoms with Crippen molar-refractivity contribution in [1.29, 1.82) is 0 Å². The minimum atomic E-state index is -1.18. The Morgan fingerprint density at radius 2 is 1.92 bits per heavy atom. The summed E-state index contributed by atoms with van der Waals surface area (Å²) in [5.74, 6) is -0.823. The molecule has 0 saturated heterocycles. The molecule has 3 aromatic rings. The second-order valence-electron chi connectivity index (χ2n) is 5.26. The highest BCUT2D eigenvalue weighted by Gasteiger charge is 2.23. The van der Waals surface area contributed by atoms with Gasteiger partial charge in [0.2, 0.25) is 0 Å². The lowest BCUT2D eigenvalue weighted by Gasteiger charge is -2.12. The smallest absolute Gasteiger partial charge is 0.329 e. The average molecular weight is 380 g/mol. The number of aromatic hydroxyl groups is 1. The van der Waals surface area contributed by atoms with Crippen LogP contribution in [0.3, 0.4) is 0 Å². The molecule has 1 aromatic carbocycles. The number of H-pyrrole nitrogens is 1.